The summed E-state index contributed by atoms with van der Waals surface area (Å²) in [6.07, 6.45) is 0. The van der Waals surface area contributed by atoms with Gasteiger partial charge in [0.05, 0.1) is 11.4 Å². The van der Waals surface area contributed by atoms with E-state index in [4.69, 9.17) is 23.2 Å². The Labute approximate surface area is 154 Å². The molecule has 0 aliphatic rings. The largest absolute Gasteiger partial charge is 0.506 e. The molecule has 3 aromatic carbocycles. The van der Waals surface area contributed by atoms with Gasteiger partial charge in [0.2, 0.25) is 0 Å². The number of halogens is 2. The minimum absolute atomic E-state index is 0.0715. The van der Waals surface area contributed by atoms with Crippen LogP contribution in [0.25, 0.3) is 0 Å². The van der Waals surface area contributed by atoms with Gasteiger partial charge in [0.25, 0.3) is 0 Å². The lowest BCUT2D eigenvalue weighted by Gasteiger charge is -2.10. The smallest absolute Gasteiger partial charge is 0.145 e. The highest BCUT2D eigenvalue weighted by Gasteiger charge is 2.09. The van der Waals surface area contributed by atoms with E-state index in [0.717, 1.165) is 5.69 Å². The molecular formula is C18H13Cl2N3O2. The average molecular weight is 374 g/mol. The first-order valence-corrected chi connectivity index (χ1v) is 8.03. The van der Waals surface area contributed by atoms with Crippen molar-refractivity contribution in [2.75, 3.05) is 5.32 Å². The summed E-state index contributed by atoms with van der Waals surface area (Å²) in [7, 11) is 0. The molecule has 0 aliphatic heterocycles. The molecule has 0 heterocycles. The first-order valence-electron chi connectivity index (χ1n) is 7.27. The monoisotopic (exact) mass is 373 g/mol. The van der Waals surface area contributed by atoms with Gasteiger partial charge < -0.3 is 15.5 Å². The van der Waals surface area contributed by atoms with Gasteiger partial charge in [0, 0.05) is 27.9 Å². The number of rotatable bonds is 4. The maximum atomic E-state index is 10.1. The minimum atomic E-state index is -0.119. The van der Waals surface area contributed by atoms with Crippen LogP contribution in [0.5, 0.6) is 11.5 Å². The van der Waals surface area contributed by atoms with Crippen molar-refractivity contribution < 1.29 is 10.2 Å². The Morgan fingerprint density at radius 2 is 1.32 bits per heavy atom. The lowest BCUT2D eigenvalue weighted by atomic mass is 10.2. The minimum Gasteiger partial charge on any atom is -0.506 e. The lowest BCUT2D eigenvalue weighted by molar-refractivity contribution is 0.463. The molecule has 5 nitrogen and oxygen atoms in total. The molecule has 0 spiro atoms. The van der Waals surface area contributed by atoms with Crippen LogP contribution >= 0.6 is 23.2 Å². The number of azo groups is 1. The van der Waals surface area contributed by atoms with Gasteiger partial charge in [-0.1, -0.05) is 23.2 Å². The molecule has 0 bridgehead atoms. The number of hydrogen-bond acceptors (Lipinski definition) is 5. The topological polar surface area (TPSA) is 77.2 Å². The number of nitrogens with one attached hydrogen (secondary N) is 1. The van der Waals surface area contributed by atoms with Crippen molar-refractivity contribution in [2.45, 2.75) is 0 Å². The van der Waals surface area contributed by atoms with Crippen molar-refractivity contribution in [1.82, 2.24) is 0 Å². The summed E-state index contributed by atoms with van der Waals surface area (Å²) in [6, 6.07) is 16.4. The van der Waals surface area contributed by atoms with Crippen LogP contribution in [0.4, 0.5) is 22.7 Å². The second-order valence-electron chi connectivity index (χ2n) is 5.17. The Hall–Kier alpha value is -2.76. The van der Waals surface area contributed by atoms with Crippen molar-refractivity contribution in [3.63, 3.8) is 0 Å². The summed E-state index contributed by atoms with van der Waals surface area (Å²) < 4.78 is 0. The van der Waals surface area contributed by atoms with Crippen molar-refractivity contribution in [1.29, 1.82) is 0 Å². The average Bonchev–Trinajstić information content (AvgIpc) is 2.60. The molecule has 0 radical (unpaired) electrons. The van der Waals surface area contributed by atoms with E-state index in [0.29, 0.717) is 21.4 Å². The SMILES string of the molecule is Oc1cc(Nc2ccc(Cl)cc2)c(O)cc1N=Nc1ccc(Cl)cc1. The van der Waals surface area contributed by atoms with Crippen LogP contribution in [0.2, 0.25) is 10.0 Å². The number of anilines is 2. The van der Waals surface area contributed by atoms with E-state index in [2.05, 4.69) is 15.5 Å². The third-order valence-corrected chi connectivity index (χ3v) is 3.82. The molecule has 0 atom stereocenters. The van der Waals surface area contributed by atoms with E-state index in [1.54, 1.807) is 48.5 Å². The highest BCUT2D eigenvalue weighted by Crippen LogP contribution is 2.38. The standard InChI is InChI=1S/C18H13Cl2N3O2/c19-11-1-5-13(6-2-11)21-15-9-18(25)16(10-17(15)24)23-22-14-7-3-12(20)4-8-14/h1-10,21,24-25H. The van der Waals surface area contributed by atoms with Crippen LogP contribution in [0.15, 0.2) is 70.9 Å². The van der Waals surface area contributed by atoms with Crippen molar-refractivity contribution in [2.24, 2.45) is 10.2 Å². The predicted molar refractivity (Wildman–Crippen MR) is 100 cm³/mol. The molecule has 7 heteroatoms. The number of hydrogen-bond donors (Lipinski definition) is 3. The summed E-state index contributed by atoms with van der Waals surface area (Å²) in [6.45, 7) is 0. The highest BCUT2D eigenvalue weighted by molar-refractivity contribution is 6.30. The van der Waals surface area contributed by atoms with Gasteiger partial charge in [-0.3, -0.25) is 0 Å². The molecule has 3 N–H and O–H groups in total. The van der Waals surface area contributed by atoms with E-state index in [-0.39, 0.29) is 17.2 Å². The molecular weight excluding hydrogens is 361 g/mol. The second kappa shape index (κ2) is 7.42. The van der Waals surface area contributed by atoms with Gasteiger partial charge in [-0.05, 0) is 48.5 Å². The Bertz CT molecular complexity index is 911. The Morgan fingerprint density at radius 3 is 1.96 bits per heavy atom. The van der Waals surface area contributed by atoms with Gasteiger partial charge in [-0.15, -0.1) is 5.11 Å². The molecule has 3 rings (SSSR count). The van der Waals surface area contributed by atoms with Crippen LogP contribution in [0.3, 0.4) is 0 Å². The number of phenolic OH excluding ortho intramolecular Hbond substituents is 2. The molecule has 0 aromatic heterocycles. The number of nitrogens with zero attached hydrogens (tertiary/aromatic N) is 2. The summed E-state index contributed by atoms with van der Waals surface area (Å²) in [4.78, 5) is 0. The normalized spacial score (nSPS) is 11.0. The quantitative estimate of drug-likeness (QED) is 0.275. The zero-order valence-electron chi connectivity index (χ0n) is 12.8. The molecule has 126 valence electrons. The van der Waals surface area contributed by atoms with E-state index < -0.39 is 0 Å². The first kappa shape index (κ1) is 17.1. The highest BCUT2D eigenvalue weighted by atomic mass is 35.5. The molecule has 0 amide bonds. The summed E-state index contributed by atoms with van der Waals surface area (Å²) in [5.74, 6) is -0.190. The lowest BCUT2D eigenvalue weighted by Crippen LogP contribution is -1.90. The van der Waals surface area contributed by atoms with Crippen LogP contribution < -0.4 is 5.32 Å². The maximum absolute atomic E-state index is 10.1. The zero-order chi connectivity index (χ0) is 17.8. The predicted octanol–water partition coefficient (Wildman–Crippen LogP) is 6.56. The van der Waals surface area contributed by atoms with Crippen LogP contribution in [0.1, 0.15) is 0 Å². The van der Waals surface area contributed by atoms with Crippen molar-refractivity contribution >= 4 is 46.0 Å². The molecule has 0 unspecified atom stereocenters. The van der Waals surface area contributed by atoms with E-state index in [1.807, 2.05) is 0 Å². The van der Waals surface area contributed by atoms with E-state index in [1.165, 1.54) is 12.1 Å². The number of aromatic hydroxyl groups is 2. The van der Waals surface area contributed by atoms with Gasteiger partial charge in [0.1, 0.15) is 17.2 Å². The van der Waals surface area contributed by atoms with Crippen LogP contribution in [-0.2, 0) is 0 Å². The van der Waals surface area contributed by atoms with Gasteiger partial charge in [0.15, 0.2) is 0 Å². The number of benzene rings is 3. The van der Waals surface area contributed by atoms with Crippen LogP contribution in [-0.4, -0.2) is 10.2 Å². The molecule has 0 saturated heterocycles. The third kappa shape index (κ3) is 4.41. The van der Waals surface area contributed by atoms with Gasteiger partial charge >= 0.3 is 0 Å². The molecule has 0 saturated carbocycles. The van der Waals surface area contributed by atoms with Crippen molar-refractivity contribution in [3.8, 4) is 11.5 Å². The second-order valence-corrected chi connectivity index (χ2v) is 6.04. The summed E-state index contributed by atoms with van der Waals surface area (Å²) in [5.41, 5.74) is 1.78. The maximum Gasteiger partial charge on any atom is 0.145 e. The third-order valence-electron chi connectivity index (χ3n) is 3.32. The summed E-state index contributed by atoms with van der Waals surface area (Å²) in [5, 5.41) is 32.4. The molecule has 0 fully saturated rings. The Morgan fingerprint density at radius 1 is 0.720 bits per heavy atom. The molecule has 0 aliphatic carbocycles. The van der Waals surface area contributed by atoms with Gasteiger partial charge in [-0.25, -0.2) is 0 Å². The fourth-order valence-corrected chi connectivity index (χ4v) is 2.31. The van der Waals surface area contributed by atoms with Gasteiger partial charge in [-0.2, -0.15) is 5.11 Å². The van der Waals surface area contributed by atoms with Crippen molar-refractivity contribution in [3.05, 3.63) is 70.7 Å². The Balaban J connectivity index is 1.82. The Kier molecular flexibility index (Phi) is 5.07. The van der Waals surface area contributed by atoms with E-state index in [9.17, 15) is 10.2 Å². The fourth-order valence-electron chi connectivity index (χ4n) is 2.05. The zero-order valence-corrected chi connectivity index (χ0v) is 14.3. The molecule has 25 heavy (non-hydrogen) atoms. The van der Waals surface area contributed by atoms with Crippen LogP contribution in [0, 0.1) is 0 Å². The fraction of sp³-hybridized carbons (Fsp3) is 0. The number of phenols is 2. The molecule has 3 aromatic rings. The van der Waals surface area contributed by atoms with E-state index >= 15 is 0 Å². The summed E-state index contributed by atoms with van der Waals surface area (Å²) >= 11 is 11.6. The first-order chi connectivity index (χ1) is 12.0.